The summed E-state index contributed by atoms with van der Waals surface area (Å²) >= 11 is 0. The van der Waals surface area contributed by atoms with Gasteiger partial charge in [-0.05, 0) is 136 Å². The van der Waals surface area contributed by atoms with Gasteiger partial charge in [-0.1, -0.05) is 52.0 Å². The van der Waals surface area contributed by atoms with E-state index in [0.29, 0.717) is 26.4 Å². The van der Waals surface area contributed by atoms with Crippen molar-refractivity contribution in [3.8, 4) is 23.0 Å². The Morgan fingerprint density at radius 3 is 1.94 bits per heavy atom. The number of hydrogen-bond donors (Lipinski definition) is 0. The first-order valence-electron chi connectivity index (χ1n) is 19.0. The fraction of sp³-hybridized carbons (Fsp3) is 0.333. The van der Waals surface area contributed by atoms with Crippen LogP contribution in [0.3, 0.4) is 0 Å². The molecule has 6 nitrogen and oxygen atoms in total. The summed E-state index contributed by atoms with van der Waals surface area (Å²) in [6, 6.07) is 27.7. The van der Waals surface area contributed by atoms with Crippen LogP contribution in [0.4, 0.5) is 34.1 Å². The van der Waals surface area contributed by atoms with Crippen molar-refractivity contribution in [1.29, 1.82) is 0 Å². The Balaban J connectivity index is 1.23. The zero-order valence-corrected chi connectivity index (χ0v) is 30.7. The Labute approximate surface area is 306 Å². The summed E-state index contributed by atoms with van der Waals surface area (Å²) in [6.07, 6.45) is 4.39. The number of anilines is 6. The zero-order chi connectivity index (χ0) is 35.1. The van der Waals surface area contributed by atoms with Gasteiger partial charge in [-0.2, -0.15) is 0 Å². The summed E-state index contributed by atoms with van der Waals surface area (Å²) in [5.74, 6) is 3.10. The SMILES string of the molecule is Cc1cc2c3c(c1)N(c1cccc4c1OCCO4)c1c(ccc4c1OCCO4)B3c1cc3c(cc1N2c1ccc2c(c1)CC(C)(C)C2)CC(C)(C)C3. The Morgan fingerprint density at radius 2 is 1.17 bits per heavy atom. The van der Waals surface area contributed by atoms with Crippen LogP contribution >= 0.6 is 0 Å². The lowest BCUT2D eigenvalue weighted by Crippen LogP contribution is -2.61. The van der Waals surface area contributed by atoms with E-state index in [2.05, 4.69) is 111 Å². The van der Waals surface area contributed by atoms with Crippen molar-refractivity contribution in [1.82, 2.24) is 0 Å². The fourth-order valence-electron chi connectivity index (χ4n) is 10.2. The predicted molar refractivity (Wildman–Crippen MR) is 210 cm³/mol. The lowest BCUT2D eigenvalue weighted by atomic mass is 9.33. The van der Waals surface area contributed by atoms with E-state index in [1.807, 2.05) is 6.07 Å². The third-order valence-electron chi connectivity index (χ3n) is 12.1. The first-order chi connectivity index (χ1) is 25.1. The second-order valence-corrected chi connectivity index (χ2v) is 17.3. The number of para-hydroxylation sites is 1. The average molecular weight is 687 g/mol. The molecule has 0 saturated heterocycles. The normalized spacial score (nSPS) is 19.1. The second kappa shape index (κ2) is 10.5. The maximum atomic E-state index is 6.59. The van der Waals surface area contributed by atoms with Gasteiger partial charge in [0.15, 0.2) is 23.0 Å². The Bertz CT molecular complexity index is 2380. The van der Waals surface area contributed by atoms with Crippen LogP contribution in [0.2, 0.25) is 0 Å². The first kappa shape index (κ1) is 30.6. The molecule has 6 aliphatic rings. The van der Waals surface area contributed by atoms with Crippen molar-refractivity contribution in [3.05, 3.63) is 101 Å². The van der Waals surface area contributed by atoms with Crippen LogP contribution < -0.4 is 45.1 Å². The average Bonchev–Trinajstić information content (AvgIpc) is 3.61. The van der Waals surface area contributed by atoms with Crippen LogP contribution in [0.15, 0.2) is 72.8 Å². The van der Waals surface area contributed by atoms with Crippen LogP contribution in [-0.2, 0) is 25.7 Å². The highest BCUT2D eigenvalue weighted by Crippen LogP contribution is 2.54. The van der Waals surface area contributed by atoms with Crippen molar-refractivity contribution < 1.29 is 18.9 Å². The van der Waals surface area contributed by atoms with Crippen molar-refractivity contribution in [2.75, 3.05) is 36.2 Å². The molecule has 0 aromatic heterocycles. The molecule has 0 amide bonds. The van der Waals surface area contributed by atoms with Crippen molar-refractivity contribution in [3.63, 3.8) is 0 Å². The van der Waals surface area contributed by atoms with Crippen LogP contribution in [0.1, 0.15) is 55.5 Å². The highest BCUT2D eigenvalue weighted by atomic mass is 16.6. The minimum atomic E-state index is -0.00185. The van der Waals surface area contributed by atoms with Gasteiger partial charge in [0.1, 0.15) is 26.4 Å². The molecule has 4 heterocycles. The quantitative estimate of drug-likeness (QED) is 0.173. The number of ether oxygens (including phenoxy) is 4. The summed E-state index contributed by atoms with van der Waals surface area (Å²) < 4.78 is 25.5. The Kier molecular flexibility index (Phi) is 6.19. The minimum absolute atomic E-state index is 0.00185. The first-order valence-corrected chi connectivity index (χ1v) is 19.0. The van der Waals surface area contributed by atoms with Gasteiger partial charge >= 0.3 is 0 Å². The molecule has 0 bridgehead atoms. The van der Waals surface area contributed by atoms with Crippen molar-refractivity contribution in [2.24, 2.45) is 10.8 Å². The maximum Gasteiger partial charge on any atom is 0.252 e. The van der Waals surface area contributed by atoms with Crippen molar-refractivity contribution >= 4 is 57.2 Å². The molecule has 11 rings (SSSR count). The topological polar surface area (TPSA) is 43.4 Å². The van der Waals surface area contributed by atoms with Gasteiger partial charge in [-0.25, -0.2) is 0 Å². The van der Waals surface area contributed by atoms with Crippen LogP contribution in [0.25, 0.3) is 0 Å². The number of aryl methyl sites for hydroxylation is 1. The van der Waals surface area contributed by atoms with E-state index in [4.69, 9.17) is 18.9 Å². The van der Waals surface area contributed by atoms with Crippen LogP contribution in [-0.4, -0.2) is 33.1 Å². The van der Waals surface area contributed by atoms with Gasteiger partial charge in [-0.3, -0.25) is 0 Å². The number of fused-ring (bicyclic) bond motifs is 9. The minimum Gasteiger partial charge on any atom is -0.486 e. The van der Waals surface area contributed by atoms with Gasteiger partial charge < -0.3 is 28.7 Å². The molecule has 0 radical (unpaired) electrons. The molecule has 5 aromatic rings. The molecule has 260 valence electrons. The van der Waals surface area contributed by atoms with E-state index in [1.54, 1.807) is 0 Å². The molecule has 52 heavy (non-hydrogen) atoms. The van der Waals surface area contributed by atoms with Gasteiger partial charge in [0.25, 0.3) is 6.71 Å². The van der Waals surface area contributed by atoms with Crippen LogP contribution in [0, 0.1) is 17.8 Å². The molecule has 0 saturated carbocycles. The summed E-state index contributed by atoms with van der Waals surface area (Å²) in [6.45, 7) is 13.9. The number of hydrogen-bond acceptors (Lipinski definition) is 6. The third-order valence-corrected chi connectivity index (χ3v) is 12.1. The van der Waals surface area contributed by atoms with Gasteiger partial charge in [0, 0.05) is 22.7 Å². The smallest absolute Gasteiger partial charge is 0.252 e. The Hall–Kier alpha value is -5.04. The number of nitrogens with zero attached hydrogens (tertiary/aromatic N) is 2. The van der Waals surface area contributed by atoms with Crippen molar-refractivity contribution in [2.45, 2.75) is 60.3 Å². The monoisotopic (exact) mass is 686 g/mol. The molecular weight excluding hydrogens is 643 g/mol. The number of benzene rings is 5. The van der Waals surface area contributed by atoms with Gasteiger partial charge in [0.2, 0.25) is 0 Å². The molecule has 0 unspecified atom stereocenters. The fourth-order valence-corrected chi connectivity index (χ4v) is 10.2. The van der Waals surface area contributed by atoms with E-state index < -0.39 is 0 Å². The Morgan fingerprint density at radius 1 is 0.538 bits per heavy atom. The van der Waals surface area contributed by atoms with E-state index in [0.717, 1.165) is 65.7 Å². The van der Waals surface area contributed by atoms with Gasteiger partial charge in [-0.15, -0.1) is 0 Å². The largest absolute Gasteiger partial charge is 0.486 e. The summed E-state index contributed by atoms with van der Waals surface area (Å²) in [5.41, 5.74) is 18.3. The molecule has 0 N–H and O–H groups in total. The summed E-state index contributed by atoms with van der Waals surface area (Å²) in [7, 11) is 0. The molecule has 0 fully saturated rings. The van der Waals surface area contributed by atoms with E-state index in [9.17, 15) is 0 Å². The third kappa shape index (κ3) is 4.37. The lowest BCUT2D eigenvalue weighted by molar-refractivity contribution is 0.171. The van der Waals surface area contributed by atoms with Gasteiger partial charge in [0.05, 0.1) is 11.4 Å². The van der Waals surface area contributed by atoms with E-state index >= 15 is 0 Å². The molecular formula is C45H43BN2O4. The lowest BCUT2D eigenvalue weighted by Gasteiger charge is -2.45. The molecule has 0 spiro atoms. The zero-order valence-electron chi connectivity index (χ0n) is 30.7. The molecule has 5 aromatic carbocycles. The molecule has 0 atom stereocenters. The summed E-state index contributed by atoms with van der Waals surface area (Å²) in [4.78, 5) is 4.96. The standard InChI is InChI=1S/C45H43BN2O4/c1-26-17-36-40-37(18-26)48(34-7-6-8-38-42(34)51-15-13-49-38)41-32(11-12-39-43(41)52-16-14-50-39)46(40)33-20-29-24-45(4,5)25-30(29)21-35(33)47(36)31-10-9-27-22-44(2,3)23-28(27)19-31/h6-12,17-21H,13-16,22-25H2,1-5H3. The highest BCUT2D eigenvalue weighted by Gasteiger charge is 2.47. The molecule has 7 heteroatoms. The summed E-state index contributed by atoms with van der Waals surface area (Å²) in [5, 5.41) is 0. The maximum absolute atomic E-state index is 6.59. The second-order valence-electron chi connectivity index (χ2n) is 17.3. The van der Waals surface area contributed by atoms with E-state index in [-0.39, 0.29) is 17.5 Å². The number of rotatable bonds is 2. The predicted octanol–water partition coefficient (Wildman–Crippen LogP) is 7.87. The van der Waals surface area contributed by atoms with E-state index in [1.165, 1.54) is 61.3 Å². The molecule has 4 aliphatic heterocycles. The molecule has 2 aliphatic carbocycles. The highest BCUT2D eigenvalue weighted by molar-refractivity contribution is 7.00. The van der Waals surface area contributed by atoms with Crippen LogP contribution in [0.5, 0.6) is 23.0 Å².